The average molecular weight is 645 g/mol. The van der Waals surface area contributed by atoms with Crippen molar-refractivity contribution >= 4 is 17.9 Å². The van der Waals surface area contributed by atoms with Crippen LogP contribution in [-0.2, 0) is 28.6 Å². The maximum Gasteiger partial charge on any atom is 0.306 e. The van der Waals surface area contributed by atoms with Gasteiger partial charge < -0.3 is 14.2 Å². The highest BCUT2D eigenvalue weighted by Crippen LogP contribution is 2.12. The Labute approximate surface area is 282 Å². The van der Waals surface area contributed by atoms with Crippen molar-refractivity contribution in [2.24, 2.45) is 0 Å². The molecule has 46 heavy (non-hydrogen) atoms. The minimum Gasteiger partial charge on any atom is -0.462 e. The molecule has 0 aliphatic carbocycles. The van der Waals surface area contributed by atoms with Crippen molar-refractivity contribution in [3.05, 3.63) is 48.6 Å². The van der Waals surface area contributed by atoms with Gasteiger partial charge in [0.25, 0.3) is 0 Å². The maximum absolute atomic E-state index is 12.5. The second-order valence-electron chi connectivity index (χ2n) is 12.1. The predicted molar refractivity (Wildman–Crippen MR) is 192 cm³/mol. The fourth-order valence-corrected chi connectivity index (χ4v) is 4.81. The van der Waals surface area contributed by atoms with Crippen LogP contribution in [-0.4, -0.2) is 37.2 Å². The molecule has 0 rings (SSSR count). The Bertz CT molecular complexity index is 841. The highest BCUT2D eigenvalue weighted by Gasteiger charge is 2.19. The topological polar surface area (TPSA) is 78.9 Å². The number of hydrogen-bond donors (Lipinski definition) is 0. The molecule has 0 radical (unpaired) electrons. The molecule has 0 amide bonds. The molecule has 0 saturated carbocycles. The number of hydrogen-bond acceptors (Lipinski definition) is 6. The van der Waals surface area contributed by atoms with E-state index in [-0.39, 0.29) is 37.5 Å². The number of ether oxygens (including phenoxy) is 3. The normalized spacial score (nSPS) is 12.5. The molecule has 6 nitrogen and oxygen atoms in total. The van der Waals surface area contributed by atoms with E-state index in [1.165, 1.54) is 44.9 Å². The van der Waals surface area contributed by atoms with Gasteiger partial charge in [-0.2, -0.15) is 0 Å². The second-order valence-corrected chi connectivity index (χ2v) is 12.1. The summed E-state index contributed by atoms with van der Waals surface area (Å²) in [7, 11) is 0. The van der Waals surface area contributed by atoms with E-state index in [1.54, 1.807) is 0 Å². The van der Waals surface area contributed by atoms with Crippen molar-refractivity contribution in [3.63, 3.8) is 0 Å². The first-order valence-electron chi connectivity index (χ1n) is 18.6. The number of carbonyl (C=O) groups is 3. The molecule has 0 saturated heterocycles. The van der Waals surface area contributed by atoms with E-state index in [4.69, 9.17) is 14.2 Å². The van der Waals surface area contributed by atoms with E-state index >= 15 is 0 Å². The van der Waals surface area contributed by atoms with Gasteiger partial charge >= 0.3 is 17.9 Å². The van der Waals surface area contributed by atoms with Crippen LogP contribution >= 0.6 is 0 Å². The number of esters is 3. The first-order chi connectivity index (χ1) is 22.5. The van der Waals surface area contributed by atoms with Crippen molar-refractivity contribution in [2.75, 3.05) is 13.2 Å². The van der Waals surface area contributed by atoms with Crippen LogP contribution in [0.15, 0.2) is 48.6 Å². The highest BCUT2D eigenvalue weighted by molar-refractivity contribution is 5.71. The summed E-state index contributed by atoms with van der Waals surface area (Å²) >= 11 is 0. The minimum absolute atomic E-state index is 0.0963. The maximum atomic E-state index is 12.5. The molecule has 264 valence electrons. The number of carbonyl (C=O) groups excluding carboxylic acids is 3. The van der Waals surface area contributed by atoms with E-state index in [0.29, 0.717) is 19.3 Å². The molecule has 1 unspecified atom stereocenters. The molecule has 0 aromatic carbocycles. The third-order valence-electron chi connectivity index (χ3n) is 7.58. The van der Waals surface area contributed by atoms with Crippen LogP contribution in [0.4, 0.5) is 0 Å². The molecule has 0 bridgehead atoms. The summed E-state index contributed by atoms with van der Waals surface area (Å²) in [6.45, 7) is 6.27. The predicted octanol–water partition coefficient (Wildman–Crippen LogP) is 11.2. The highest BCUT2D eigenvalue weighted by atomic mass is 16.6. The summed E-state index contributed by atoms with van der Waals surface area (Å²) in [5.74, 6) is -0.985. The molecule has 0 aromatic heterocycles. The molecule has 0 aliphatic rings. The first-order valence-corrected chi connectivity index (χ1v) is 18.6. The van der Waals surface area contributed by atoms with Crippen LogP contribution < -0.4 is 0 Å². The van der Waals surface area contributed by atoms with Crippen molar-refractivity contribution in [2.45, 2.75) is 175 Å². The molecule has 1 atom stereocenters. The van der Waals surface area contributed by atoms with E-state index in [0.717, 1.165) is 77.0 Å². The van der Waals surface area contributed by atoms with Crippen molar-refractivity contribution < 1.29 is 28.6 Å². The average Bonchev–Trinajstić information content (AvgIpc) is 3.05. The summed E-state index contributed by atoms with van der Waals surface area (Å²) < 4.78 is 16.5. The number of allylic oxidation sites excluding steroid dienone is 8. The number of rotatable bonds is 32. The van der Waals surface area contributed by atoms with Gasteiger partial charge in [0, 0.05) is 19.3 Å². The largest absolute Gasteiger partial charge is 0.462 e. The minimum atomic E-state index is -0.794. The molecular formula is C40H68O6. The van der Waals surface area contributed by atoms with Gasteiger partial charge in [0.1, 0.15) is 13.2 Å². The molecule has 0 fully saturated rings. The summed E-state index contributed by atoms with van der Waals surface area (Å²) in [5.41, 5.74) is 0. The second kappa shape index (κ2) is 35.2. The van der Waals surface area contributed by atoms with E-state index < -0.39 is 6.10 Å². The van der Waals surface area contributed by atoms with Gasteiger partial charge in [-0.1, -0.05) is 127 Å². The smallest absolute Gasteiger partial charge is 0.306 e. The zero-order valence-corrected chi connectivity index (χ0v) is 29.8. The summed E-state index contributed by atoms with van der Waals surface area (Å²) in [6.07, 6.45) is 38.3. The van der Waals surface area contributed by atoms with Gasteiger partial charge in [-0.25, -0.2) is 0 Å². The lowest BCUT2D eigenvalue weighted by atomic mass is 10.1. The first kappa shape index (κ1) is 43.4. The molecular weight excluding hydrogens is 576 g/mol. The molecule has 0 aromatic rings. The lowest BCUT2D eigenvalue weighted by Gasteiger charge is -2.18. The monoisotopic (exact) mass is 645 g/mol. The summed E-state index contributed by atoms with van der Waals surface area (Å²) in [6, 6.07) is 0. The molecule has 0 N–H and O–H groups in total. The van der Waals surface area contributed by atoms with Crippen LogP contribution in [0.5, 0.6) is 0 Å². The Kier molecular flexibility index (Phi) is 33.2. The van der Waals surface area contributed by atoms with Gasteiger partial charge in [0.05, 0.1) is 0 Å². The van der Waals surface area contributed by atoms with Crippen molar-refractivity contribution in [1.82, 2.24) is 0 Å². The molecule has 0 heterocycles. The van der Waals surface area contributed by atoms with Gasteiger partial charge in [-0.05, 0) is 70.6 Å². The lowest BCUT2D eigenvalue weighted by Crippen LogP contribution is -2.30. The third-order valence-corrected chi connectivity index (χ3v) is 7.58. The Morgan fingerprint density at radius 2 is 0.848 bits per heavy atom. The summed E-state index contributed by atoms with van der Waals surface area (Å²) in [4.78, 5) is 37.2. The molecule has 0 aliphatic heterocycles. The van der Waals surface area contributed by atoms with Crippen LogP contribution in [0.1, 0.15) is 168 Å². The van der Waals surface area contributed by atoms with Gasteiger partial charge in [0.15, 0.2) is 6.10 Å². The number of unbranched alkanes of at least 4 members (excludes halogenated alkanes) is 13. The fourth-order valence-electron chi connectivity index (χ4n) is 4.81. The Balaban J connectivity index is 4.46. The van der Waals surface area contributed by atoms with Crippen LogP contribution in [0.2, 0.25) is 0 Å². The van der Waals surface area contributed by atoms with E-state index in [2.05, 4.69) is 69.4 Å². The summed E-state index contributed by atoms with van der Waals surface area (Å²) in [5, 5.41) is 0. The standard InChI is InChI=1S/C40H68O6/c1-4-7-10-13-16-19-22-24-27-30-33-39(42)45-36-37(46-40(43)34-31-28-25-21-18-15-12-9-6-3)35-44-38(41)32-29-26-23-20-17-14-11-8-5-2/h8-9,11-12,17-18,20-21,37H,4-7,10,13-16,19,22-36H2,1-3H3/b11-8-,12-9-,20-17-,21-18-. The quantitative estimate of drug-likeness (QED) is 0.0314. The van der Waals surface area contributed by atoms with Crippen LogP contribution in [0, 0.1) is 0 Å². The lowest BCUT2D eigenvalue weighted by molar-refractivity contribution is -0.167. The third kappa shape index (κ3) is 32.8. The molecule has 6 heteroatoms. The SMILES string of the molecule is CC/C=C\C/C=C\CCCCC(=O)OCC(COC(=O)CCCCCCCCCCCC)OC(=O)CCCC/C=C\C/C=C\CC. The van der Waals surface area contributed by atoms with Gasteiger partial charge in [0.2, 0.25) is 0 Å². The molecule has 0 spiro atoms. The fraction of sp³-hybridized carbons (Fsp3) is 0.725. The zero-order chi connectivity index (χ0) is 33.8. The zero-order valence-electron chi connectivity index (χ0n) is 29.8. The van der Waals surface area contributed by atoms with Crippen molar-refractivity contribution in [1.29, 1.82) is 0 Å². The Morgan fingerprint density at radius 3 is 1.30 bits per heavy atom. The Hall–Kier alpha value is -2.63. The van der Waals surface area contributed by atoms with E-state index in [9.17, 15) is 14.4 Å². The van der Waals surface area contributed by atoms with Crippen LogP contribution in [0.3, 0.4) is 0 Å². The van der Waals surface area contributed by atoms with Gasteiger partial charge in [-0.15, -0.1) is 0 Å². The van der Waals surface area contributed by atoms with Crippen molar-refractivity contribution in [3.8, 4) is 0 Å². The van der Waals surface area contributed by atoms with Crippen LogP contribution in [0.25, 0.3) is 0 Å². The Morgan fingerprint density at radius 1 is 0.457 bits per heavy atom. The van der Waals surface area contributed by atoms with Gasteiger partial charge in [-0.3, -0.25) is 14.4 Å². The van der Waals surface area contributed by atoms with E-state index in [1.807, 2.05) is 0 Å².